The van der Waals surface area contributed by atoms with Crippen molar-refractivity contribution >= 4 is 16.8 Å². The van der Waals surface area contributed by atoms with Crippen LogP contribution in [-0.4, -0.2) is 21.5 Å². The fourth-order valence-corrected chi connectivity index (χ4v) is 1.21. The monoisotopic (exact) mass is 183 g/mol. The lowest BCUT2D eigenvalue weighted by Gasteiger charge is -2.03. The van der Waals surface area contributed by atoms with Gasteiger partial charge in [-0.2, -0.15) is 0 Å². The highest BCUT2D eigenvalue weighted by Crippen LogP contribution is 2.25. The summed E-state index contributed by atoms with van der Waals surface area (Å²) in [6.45, 7) is 0. The van der Waals surface area contributed by atoms with Crippen molar-refractivity contribution in [3.8, 4) is 11.5 Å². The van der Waals surface area contributed by atoms with Gasteiger partial charge in [-0.25, -0.2) is 0 Å². The highest BCUT2D eigenvalue weighted by molar-refractivity contribution is 8.13. The molecule has 3 N–H and O–H groups in total. The Balaban J connectivity index is 3.09. The fourth-order valence-electron chi connectivity index (χ4n) is 0.822. The Morgan fingerprint density at radius 3 is 2.58 bits per heavy atom. The smallest absolute Gasteiger partial charge is 0.129 e. The van der Waals surface area contributed by atoms with Gasteiger partial charge in [-0.15, -0.1) is 11.8 Å². The second kappa shape index (κ2) is 3.49. The number of nitrogens with one attached hydrogen (secondary N) is 1. The van der Waals surface area contributed by atoms with Crippen LogP contribution in [-0.2, 0) is 0 Å². The van der Waals surface area contributed by atoms with Crippen LogP contribution in [0.2, 0.25) is 0 Å². The van der Waals surface area contributed by atoms with E-state index in [9.17, 15) is 5.11 Å². The summed E-state index contributed by atoms with van der Waals surface area (Å²) >= 11 is 1.24. The Morgan fingerprint density at radius 1 is 1.42 bits per heavy atom. The molecule has 3 nitrogen and oxygen atoms in total. The zero-order valence-corrected chi connectivity index (χ0v) is 7.35. The number of phenols is 2. The van der Waals surface area contributed by atoms with Crippen LogP contribution in [0.15, 0.2) is 18.2 Å². The molecule has 1 aromatic carbocycles. The molecule has 0 aliphatic carbocycles. The van der Waals surface area contributed by atoms with Gasteiger partial charge in [0.2, 0.25) is 0 Å². The third kappa shape index (κ3) is 1.71. The summed E-state index contributed by atoms with van der Waals surface area (Å²) in [5.74, 6) is -0.0560. The molecular weight excluding hydrogens is 174 g/mol. The number of hydrogen-bond acceptors (Lipinski definition) is 4. The topological polar surface area (TPSA) is 64.3 Å². The van der Waals surface area contributed by atoms with Crippen LogP contribution in [0, 0.1) is 5.41 Å². The predicted molar refractivity (Wildman–Crippen MR) is 50.1 cm³/mol. The molecule has 0 bridgehead atoms. The molecule has 64 valence electrons. The van der Waals surface area contributed by atoms with Gasteiger partial charge in [-0.1, -0.05) is 0 Å². The first-order valence-electron chi connectivity index (χ1n) is 3.30. The quantitative estimate of drug-likeness (QED) is 0.459. The van der Waals surface area contributed by atoms with Gasteiger partial charge < -0.3 is 10.2 Å². The Hall–Kier alpha value is -1.16. The second-order valence-corrected chi connectivity index (χ2v) is 3.05. The first-order chi connectivity index (χ1) is 5.65. The third-order valence-electron chi connectivity index (χ3n) is 1.43. The van der Waals surface area contributed by atoms with E-state index in [2.05, 4.69) is 0 Å². The number of thioether (sulfide) groups is 1. The second-order valence-electron chi connectivity index (χ2n) is 2.23. The first-order valence-corrected chi connectivity index (χ1v) is 4.52. The van der Waals surface area contributed by atoms with E-state index in [1.54, 1.807) is 6.26 Å². The Morgan fingerprint density at radius 2 is 2.08 bits per heavy atom. The van der Waals surface area contributed by atoms with E-state index in [1.165, 1.54) is 30.0 Å². The summed E-state index contributed by atoms with van der Waals surface area (Å²) in [7, 11) is 0. The molecule has 4 heteroatoms. The molecule has 0 aromatic heterocycles. The lowest BCUT2D eigenvalue weighted by atomic mass is 10.2. The van der Waals surface area contributed by atoms with Crippen LogP contribution < -0.4 is 0 Å². The van der Waals surface area contributed by atoms with Crippen molar-refractivity contribution in [1.82, 2.24) is 0 Å². The molecule has 1 aromatic rings. The predicted octanol–water partition coefficient (Wildman–Crippen LogP) is 1.79. The highest BCUT2D eigenvalue weighted by atomic mass is 32.2. The average molecular weight is 183 g/mol. The van der Waals surface area contributed by atoms with Gasteiger partial charge >= 0.3 is 0 Å². The van der Waals surface area contributed by atoms with Crippen molar-refractivity contribution < 1.29 is 10.2 Å². The van der Waals surface area contributed by atoms with Crippen LogP contribution in [0.5, 0.6) is 11.5 Å². The maximum Gasteiger partial charge on any atom is 0.129 e. The lowest BCUT2D eigenvalue weighted by molar-refractivity contribution is 0.450. The Labute approximate surface area is 74.6 Å². The van der Waals surface area contributed by atoms with Crippen molar-refractivity contribution in [3.63, 3.8) is 0 Å². The summed E-state index contributed by atoms with van der Waals surface area (Å²) in [5.41, 5.74) is 0.445. The number of aromatic hydroxyl groups is 2. The molecule has 12 heavy (non-hydrogen) atoms. The molecule has 0 atom stereocenters. The van der Waals surface area contributed by atoms with Crippen molar-refractivity contribution in [1.29, 1.82) is 5.41 Å². The average Bonchev–Trinajstić information content (AvgIpc) is 2.03. The van der Waals surface area contributed by atoms with Crippen molar-refractivity contribution in [2.45, 2.75) is 0 Å². The van der Waals surface area contributed by atoms with Crippen molar-refractivity contribution in [2.24, 2.45) is 0 Å². The number of rotatable bonds is 1. The van der Waals surface area contributed by atoms with E-state index in [4.69, 9.17) is 10.5 Å². The zero-order valence-electron chi connectivity index (χ0n) is 6.53. The summed E-state index contributed by atoms with van der Waals surface area (Å²) < 4.78 is 0. The molecule has 0 fully saturated rings. The van der Waals surface area contributed by atoms with E-state index in [1.807, 2.05) is 0 Å². The number of phenolic OH excluding ortho intramolecular Hbond substituents is 2. The third-order valence-corrected chi connectivity index (χ3v) is 2.06. The van der Waals surface area contributed by atoms with Gasteiger partial charge in [-0.3, -0.25) is 5.41 Å². The molecular formula is C8H9NO2S. The molecule has 1 rings (SSSR count). The van der Waals surface area contributed by atoms with Gasteiger partial charge in [0, 0.05) is 11.6 Å². The van der Waals surface area contributed by atoms with Crippen molar-refractivity contribution in [3.05, 3.63) is 23.8 Å². The van der Waals surface area contributed by atoms with Crippen LogP contribution >= 0.6 is 11.8 Å². The van der Waals surface area contributed by atoms with Gasteiger partial charge in [0.1, 0.15) is 11.5 Å². The van der Waals surface area contributed by atoms with Gasteiger partial charge in [0.25, 0.3) is 0 Å². The van der Waals surface area contributed by atoms with Gasteiger partial charge in [0.05, 0.1) is 5.04 Å². The molecule has 0 heterocycles. The van der Waals surface area contributed by atoms with E-state index in [-0.39, 0.29) is 16.5 Å². The van der Waals surface area contributed by atoms with E-state index >= 15 is 0 Å². The minimum Gasteiger partial charge on any atom is -0.508 e. The molecule has 0 spiro atoms. The summed E-state index contributed by atoms with van der Waals surface area (Å²) in [6.07, 6.45) is 1.76. The summed E-state index contributed by atoms with van der Waals surface area (Å²) in [6, 6.07) is 4.18. The van der Waals surface area contributed by atoms with Gasteiger partial charge in [-0.05, 0) is 18.4 Å². The summed E-state index contributed by atoms with van der Waals surface area (Å²) in [4.78, 5) is 0. The maximum atomic E-state index is 9.28. The summed E-state index contributed by atoms with van der Waals surface area (Å²) in [5, 5.41) is 25.9. The zero-order chi connectivity index (χ0) is 9.14. The standard InChI is InChI=1S/C8H9NO2S/c1-12-8(9)6-3-2-5(10)4-7(6)11/h2-4,9-11H,1H3. The van der Waals surface area contributed by atoms with E-state index in [0.29, 0.717) is 5.56 Å². The van der Waals surface area contributed by atoms with Crippen LogP contribution in [0.4, 0.5) is 0 Å². The molecule has 0 radical (unpaired) electrons. The Bertz CT molecular complexity index is 312. The van der Waals surface area contributed by atoms with E-state index in [0.717, 1.165) is 0 Å². The van der Waals surface area contributed by atoms with Crippen LogP contribution in [0.3, 0.4) is 0 Å². The number of benzene rings is 1. The fraction of sp³-hybridized carbons (Fsp3) is 0.125. The molecule has 0 aliphatic rings. The van der Waals surface area contributed by atoms with Crippen LogP contribution in [0.1, 0.15) is 5.56 Å². The lowest BCUT2D eigenvalue weighted by Crippen LogP contribution is -1.91. The largest absolute Gasteiger partial charge is 0.508 e. The molecule has 0 amide bonds. The van der Waals surface area contributed by atoms with Crippen molar-refractivity contribution in [2.75, 3.05) is 6.26 Å². The molecule has 0 unspecified atom stereocenters. The minimum atomic E-state index is -0.0608. The molecule has 0 aliphatic heterocycles. The highest BCUT2D eigenvalue weighted by Gasteiger charge is 2.05. The van der Waals surface area contributed by atoms with Crippen LogP contribution in [0.25, 0.3) is 0 Å². The Kier molecular flexibility index (Phi) is 2.60. The maximum absolute atomic E-state index is 9.28. The normalized spacial score (nSPS) is 9.75. The minimum absolute atomic E-state index is 0.00477. The SMILES string of the molecule is CSC(=N)c1ccc(O)cc1O. The molecule has 0 saturated carbocycles. The number of hydrogen-bond donors (Lipinski definition) is 3. The molecule has 0 saturated heterocycles. The van der Waals surface area contributed by atoms with Gasteiger partial charge in [0.15, 0.2) is 0 Å². The first kappa shape index (κ1) is 8.93. The van der Waals surface area contributed by atoms with E-state index < -0.39 is 0 Å².